The first kappa shape index (κ1) is 37.5. The van der Waals surface area contributed by atoms with E-state index < -0.39 is 0 Å². The van der Waals surface area contributed by atoms with Gasteiger partial charge >= 0.3 is 0 Å². The molecule has 0 aliphatic carbocycles. The van der Waals surface area contributed by atoms with Crippen molar-refractivity contribution >= 4 is 66.2 Å². The van der Waals surface area contributed by atoms with E-state index in [-0.39, 0.29) is 0 Å². The zero-order valence-electron chi connectivity index (χ0n) is 35.5. The second-order valence-electron chi connectivity index (χ2n) is 16.6. The lowest BCUT2D eigenvalue weighted by Gasteiger charge is -2.16. The molecule has 6 nitrogen and oxygen atoms in total. The molecular weight excluding hydrogens is 805 g/mol. The molecule has 0 N–H and O–H groups in total. The molecule has 10 aromatic carbocycles. The SMILES string of the molecule is c1ccc(-c2cc3nc4c5nc6cc(-c7ccccc7)c(-c7ccccc7)cc6nc5c5nc6cc(-c7ccccc7)c(-c7ccccc7)cc6nc5c4nc3cc2-c2ccccc2)cc1. The van der Waals surface area contributed by atoms with Crippen molar-refractivity contribution in [2.24, 2.45) is 0 Å². The largest absolute Gasteiger partial charge is 0.242 e. The Morgan fingerprint density at radius 1 is 0.167 bits per heavy atom. The maximum atomic E-state index is 5.50. The Labute approximate surface area is 379 Å². The zero-order valence-corrected chi connectivity index (χ0v) is 35.5. The lowest BCUT2D eigenvalue weighted by molar-refractivity contribution is 1.34. The fourth-order valence-corrected chi connectivity index (χ4v) is 9.44. The molecule has 0 saturated heterocycles. The number of rotatable bonds is 6. The Kier molecular flexibility index (Phi) is 8.74. The predicted octanol–water partition coefficient (Wildman–Crippen LogP) is 15.0. The smallest absolute Gasteiger partial charge is 0.120 e. The summed E-state index contributed by atoms with van der Waals surface area (Å²) in [6.07, 6.45) is 0. The Morgan fingerprint density at radius 3 is 0.439 bits per heavy atom. The van der Waals surface area contributed by atoms with Crippen LogP contribution in [0.5, 0.6) is 0 Å². The Hall–Kier alpha value is -9.00. The van der Waals surface area contributed by atoms with Crippen molar-refractivity contribution in [3.05, 3.63) is 218 Å². The van der Waals surface area contributed by atoms with E-state index in [0.717, 1.165) is 99.9 Å². The summed E-state index contributed by atoms with van der Waals surface area (Å²) in [6, 6.07) is 75.8. The van der Waals surface area contributed by atoms with Gasteiger partial charge in [0.25, 0.3) is 0 Å². The average Bonchev–Trinajstić information content (AvgIpc) is 3.40. The van der Waals surface area contributed by atoms with Crippen LogP contribution < -0.4 is 0 Å². The van der Waals surface area contributed by atoms with Gasteiger partial charge < -0.3 is 0 Å². The van der Waals surface area contributed by atoms with Crippen molar-refractivity contribution in [3.63, 3.8) is 0 Å². The van der Waals surface area contributed by atoms with Crippen LogP contribution >= 0.6 is 0 Å². The Morgan fingerprint density at radius 2 is 0.303 bits per heavy atom. The van der Waals surface area contributed by atoms with Gasteiger partial charge in [-0.05, 0) is 103 Å². The van der Waals surface area contributed by atoms with Crippen molar-refractivity contribution in [1.29, 1.82) is 0 Å². The van der Waals surface area contributed by atoms with E-state index in [4.69, 9.17) is 29.9 Å². The van der Waals surface area contributed by atoms with Crippen LogP contribution in [-0.2, 0) is 0 Å². The number of nitrogens with zero attached hydrogens (tertiary/aromatic N) is 6. The van der Waals surface area contributed by atoms with E-state index in [9.17, 15) is 0 Å². The molecule has 0 atom stereocenters. The van der Waals surface area contributed by atoms with Crippen LogP contribution in [0.2, 0.25) is 0 Å². The van der Waals surface area contributed by atoms with E-state index in [1.807, 2.05) is 36.4 Å². The van der Waals surface area contributed by atoms with Gasteiger partial charge in [0.2, 0.25) is 0 Å². The molecule has 0 aliphatic heterocycles. The van der Waals surface area contributed by atoms with E-state index in [1.54, 1.807) is 0 Å². The van der Waals surface area contributed by atoms with E-state index in [1.165, 1.54) is 0 Å². The third-order valence-corrected chi connectivity index (χ3v) is 12.6. The second-order valence-corrected chi connectivity index (χ2v) is 16.6. The van der Waals surface area contributed by atoms with Gasteiger partial charge in [-0.25, -0.2) is 29.9 Å². The van der Waals surface area contributed by atoms with Crippen molar-refractivity contribution < 1.29 is 0 Å². The molecular formula is C60H36N6. The van der Waals surface area contributed by atoms with Gasteiger partial charge in [-0.1, -0.05) is 182 Å². The third-order valence-electron chi connectivity index (χ3n) is 12.6. The topological polar surface area (TPSA) is 77.3 Å². The van der Waals surface area contributed by atoms with Gasteiger partial charge in [0.1, 0.15) is 33.1 Å². The van der Waals surface area contributed by atoms with Gasteiger partial charge in [0.05, 0.1) is 33.1 Å². The molecule has 3 aromatic heterocycles. The highest BCUT2D eigenvalue weighted by molar-refractivity contribution is 6.21. The minimum absolute atomic E-state index is 0.622. The summed E-state index contributed by atoms with van der Waals surface area (Å²) in [5.41, 5.74) is 21.2. The highest BCUT2D eigenvalue weighted by Gasteiger charge is 2.22. The molecule has 0 aliphatic rings. The first-order valence-electron chi connectivity index (χ1n) is 22.1. The minimum atomic E-state index is 0.622. The first-order valence-corrected chi connectivity index (χ1v) is 22.1. The number of hydrogen-bond acceptors (Lipinski definition) is 6. The normalized spacial score (nSPS) is 11.6. The molecule has 13 rings (SSSR count). The standard InChI is InChI=1S/C60H36N6/c1-7-19-37(20-8-1)43-31-49-50(32-44(43)38-21-9-2-10-22-38)62-56-55(61-49)57-59(65-52-34-46(40-25-13-4-14-26-40)45(33-51(52)63-57)39-23-11-3-12-24-39)60-58(56)64-53-35-47(41-27-15-5-16-28-41)48(36-54(53)66-60)42-29-17-6-18-30-42/h1-36H. The molecule has 3 heterocycles. The van der Waals surface area contributed by atoms with Crippen LogP contribution in [0, 0.1) is 0 Å². The van der Waals surface area contributed by atoms with Crippen LogP contribution in [0.3, 0.4) is 0 Å². The summed E-state index contributed by atoms with van der Waals surface area (Å²) < 4.78 is 0. The molecule has 0 bridgehead atoms. The number of benzene rings is 10. The van der Waals surface area contributed by atoms with Gasteiger partial charge in [-0.2, -0.15) is 0 Å². The first-order chi connectivity index (χ1) is 32.7. The van der Waals surface area contributed by atoms with E-state index >= 15 is 0 Å². The van der Waals surface area contributed by atoms with Crippen LogP contribution in [0.4, 0.5) is 0 Å². The molecule has 66 heavy (non-hydrogen) atoms. The third kappa shape index (κ3) is 6.34. The molecule has 0 saturated carbocycles. The summed E-state index contributed by atoms with van der Waals surface area (Å²) in [5.74, 6) is 0. The highest BCUT2D eigenvalue weighted by atomic mass is 14.9. The number of hydrogen-bond donors (Lipinski definition) is 0. The van der Waals surface area contributed by atoms with Crippen LogP contribution in [-0.4, -0.2) is 29.9 Å². The molecule has 0 amide bonds. The fourth-order valence-electron chi connectivity index (χ4n) is 9.44. The summed E-state index contributed by atoms with van der Waals surface area (Å²) in [4.78, 5) is 33.0. The lowest BCUT2D eigenvalue weighted by atomic mass is 9.93. The highest BCUT2D eigenvalue weighted by Crippen LogP contribution is 2.41. The summed E-state index contributed by atoms with van der Waals surface area (Å²) in [6.45, 7) is 0. The average molecular weight is 841 g/mol. The molecule has 13 aromatic rings. The van der Waals surface area contributed by atoms with Gasteiger partial charge in [0.15, 0.2) is 0 Å². The zero-order chi connectivity index (χ0) is 43.6. The molecule has 0 unspecified atom stereocenters. The molecule has 0 radical (unpaired) electrons. The fraction of sp³-hybridized carbons (Fsp3) is 0. The molecule has 6 heteroatoms. The number of fused-ring (bicyclic) bond motifs is 9. The van der Waals surface area contributed by atoms with Gasteiger partial charge in [-0.15, -0.1) is 0 Å². The lowest BCUT2D eigenvalue weighted by Crippen LogP contribution is -2.00. The maximum Gasteiger partial charge on any atom is 0.120 e. The van der Waals surface area contributed by atoms with Gasteiger partial charge in [0, 0.05) is 0 Å². The van der Waals surface area contributed by atoms with Crippen molar-refractivity contribution in [2.75, 3.05) is 0 Å². The predicted molar refractivity (Wildman–Crippen MR) is 271 cm³/mol. The Bertz CT molecular complexity index is 3290. The quantitative estimate of drug-likeness (QED) is 0.123. The Balaban J connectivity index is 1.16. The van der Waals surface area contributed by atoms with Crippen molar-refractivity contribution in [2.45, 2.75) is 0 Å². The maximum absolute atomic E-state index is 5.50. The minimum Gasteiger partial charge on any atom is -0.242 e. The van der Waals surface area contributed by atoms with E-state index in [0.29, 0.717) is 33.1 Å². The molecule has 306 valence electrons. The summed E-state index contributed by atoms with van der Waals surface area (Å²) >= 11 is 0. The molecule has 0 spiro atoms. The van der Waals surface area contributed by atoms with Crippen LogP contribution in [0.15, 0.2) is 218 Å². The number of aromatic nitrogens is 6. The summed E-state index contributed by atoms with van der Waals surface area (Å²) in [7, 11) is 0. The van der Waals surface area contributed by atoms with Crippen LogP contribution in [0.25, 0.3) is 133 Å². The van der Waals surface area contributed by atoms with Crippen LogP contribution in [0.1, 0.15) is 0 Å². The van der Waals surface area contributed by atoms with Gasteiger partial charge in [-0.3, -0.25) is 0 Å². The van der Waals surface area contributed by atoms with E-state index in [2.05, 4.69) is 182 Å². The van der Waals surface area contributed by atoms with Crippen molar-refractivity contribution in [1.82, 2.24) is 29.9 Å². The molecule has 0 fully saturated rings. The second kappa shape index (κ2) is 15.4. The van der Waals surface area contributed by atoms with Crippen molar-refractivity contribution in [3.8, 4) is 66.8 Å². The summed E-state index contributed by atoms with van der Waals surface area (Å²) in [5, 5.41) is 0. The monoisotopic (exact) mass is 840 g/mol.